The Kier molecular flexibility index (Phi) is 3.77. The third-order valence-corrected chi connectivity index (χ3v) is 5.00. The van der Waals surface area contributed by atoms with E-state index in [-0.39, 0.29) is 23.7 Å². The van der Waals surface area contributed by atoms with Crippen molar-refractivity contribution in [2.24, 2.45) is 11.8 Å². The molecule has 4 rings (SSSR count). The number of benzene rings is 2. The van der Waals surface area contributed by atoms with Gasteiger partial charge in [0.05, 0.1) is 18.4 Å². The first-order valence-electron chi connectivity index (χ1n) is 8.38. The molecule has 0 radical (unpaired) electrons. The fourth-order valence-electron chi connectivity index (χ4n) is 3.64. The number of carbonyl (C=O) groups excluding carboxylic acids is 2. The highest BCUT2D eigenvalue weighted by molar-refractivity contribution is 6.05. The van der Waals surface area contributed by atoms with Crippen LogP contribution in [0.5, 0.6) is 0 Å². The predicted molar refractivity (Wildman–Crippen MR) is 92.8 cm³/mol. The van der Waals surface area contributed by atoms with Crippen molar-refractivity contribution < 1.29 is 9.59 Å². The number of rotatable bonds is 3. The monoisotopic (exact) mass is 317 g/mol. The van der Waals surface area contributed by atoms with E-state index in [1.807, 2.05) is 54.6 Å². The zero-order valence-corrected chi connectivity index (χ0v) is 13.4. The molecule has 0 unspecified atom stereocenters. The fraction of sp³-hybridized carbons (Fsp3) is 0.238. The number of fused-ring (bicyclic) bond motifs is 1. The van der Waals surface area contributed by atoms with Crippen LogP contribution in [0.2, 0.25) is 0 Å². The lowest BCUT2D eigenvalue weighted by Crippen LogP contribution is -2.30. The number of likely N-dealkylation sites (tertiary alicyclic amines) is 1. The van der Waals surface area contributed by atoms with Gasteiger partial charge < -0.3 is 0 Å². The second kappa shape index (κ2) is 6.08. The van der Waals surface area contributed by atoms with Gasteiger partial charge in [0.25, 0.3) is 0 Å². The minimum Gasteiger partial charge on any atom is -0.278 e. The highest BCUT2D eigenvalue weighted by atomic mass is 16.2. The van der Waals surface area contributed by atoms with Crippen LogP contribution in [-0.2, 0) is 16.1 Å². The Morgan fingerprint density at radius 3 is 1.88 bits per heavy atom. The van der Waals surface area contributed by atoms with Crippen LogP contribution in [0.15, 0.2) is 66.7 Å². The Labute approximate surface area is 141 Å². The summed E-state index contributed by atoms with van der Waals surface area (Å²) in [7, 11) is 0. The summed E-state index contributed by atoms with van der Waals surface area (Å²) >= 11 is 0. The molecule has 24 heavy (non-hydrogen) atoms. The second-order valence-electron chi connectivity index (χ2n) is 6.48. The van der Waals surface area contributed by atoms with Gasteiger partial charge in [-0.05, 0) is 29.5 Å². The Morgan fingerprint density at radius 1 is 0.750 bits per heavy atom. The van der Waals surface area contributed by atoms with Gasteiger partial charge in [-0.2, -0.15) is 0 Å². The van der Waals surface area contributed by atoms with E-state index in [2.05, 4.69) is 12.1 Å². The molecule has 0 bridgehead atoms. The minimum absolute atomic E-state index is 0.0125. The van der Waals surface area contributed by atoms with E-state index in [9.17, 15) is 9.59 Å². The first kappa shape index (κ1) is 14.9. The zero-order chi connectivity index (χ0) is 16.5. The normalized spacial score (nSPS) is 22.8. The number of hydrogen-bond acceptors (Lipinski definition) is 2. The maximum atomic E-state index is 12.5. The van der Waals surface area contributed by atoms with E-state index in [0.29, 0.717) is 19.4 Å². The van der Waals surface area contributed by atoms with Crippen molar-refractivity contribution in [1.82, 2.24) is 4.90 Å². The largest absolute Gasteiger partial charge is 0.278 e. The molecule has 120 valence electrons. The van der Waals surface area contributed by atoms with Crippen LogP contribution < -0.4 is 0 Å². The second-order valence-corrected chi connectivity index (χ2v) is 6.48. The fourth-order valence-corrected chi connectivity index (χ4v) is 3.64. The molecule has 3 nitrogen and oxygen atoms in total. The summed E-state index contributed by atoms with van der Waals surface area (Å²) in [5.74, 6) is -0.319. The van der Waals surface area contributed by atoms with E-state index in [4.69, 9.17) is 0 Å². The highest BCUT2D eigenvalue weighted by Gasteiger charge is 2.46. The number of carbonyl (C=O) groups is 2. The van der Waals surface area contributed by atoms with Crippen molar-refractivity contribution in [2.45, 2.75) is 19.4 Å². The SMILES string of the molecule is O=C1[C@H]2CC=CC[C@@H]2C(=O)N1Cc1ccc(-c2ccccc2)cc1. The molecule has 2 amide bonds. The summed E-state index contributed by atoms with van der Waals surface area (Å²) in [6.45, 7) is 0.375. The van der Waals surface area contributed by atoms with E-state index >= 15 is 0 Å². The van der Waals surface area contributed by atoms with E-state index < -0.39 is 0 Å². The summed E-state index contributed by atoms with van der Waals surface area (Å²) in [5.41, 5.74) is 3.29. The van der Waals surface area contributed by atoms with Crippen molar-refractivity contribution >= 4 is 11.8 Å². The molecule has 1 heterocycles. The standard InChI is InChI=1S/C21H19NO2/c23-20-18-8-4-5-9-19(18)21(24)22(20)14-15-10-12-17(13-11-15)16-6-2-1-3-7-16/h1-7,10-13,18-19H,8-9,14H2/t18-,19-/m0/s1. The first-order chi connectivity index (χ1) is 11.7. The van der Waals surface area contributed by atoms with Crippen molar-refractivity contribution in [3.05, 3.63) is 72.3 Å². The zero-order valence-electron chi connectivity index (χ0n) is 13.4. The molecule has 3 heteroatoms. The Hall–Kier alpha value is -2.68. The van der Waals surface area contributed by atoms with Crippen LogP contribution in [0.4, 0.5) is 0 Å². The molecule has 1 saturated heterocycles. The molecular weight excluding hydrogens is 298 g/mol. The van der Waals surface area contributed by atoms with Crippen molar-refractivity contribution in [1.29, 1.82) is 0 Å². The summed E-state index contributed by atoms with van der Waals surface area (Å²) in [6.07, 6.45) is 5.42. The maximum Gasteiger partial charge on any atom is 0.233 e. The quantitative estimate of drug-likeness (QED) is 0.638. The maximum absolute atomic E-state index is 12.5. The van der Waals surface area contributed by atoms with Crippen LogP contribution >= 0.6 is 0 Å². The van der Waals surface area contributed by atoms with E-state index in [1.54, 1.807) is 0 Å². The van der Waals surface area contributed by atoms with Crippen LogP contribution in [-0.4, -0.2) is 16.7 Å². The Morgan fingerprint density at radius 2 is 1.29 bits per heavy atom. The molecule has 2 aliphatic rings. The summed E-state index contributed by atoms with van der Waals surface area (Å²) in [4.78, 5) is 26.5. The van der Waals surface area contributed by atoms with Crippen LogP contribution in [0.25, 0.3) is 11.1 Å². The molecule has 1 fully saturated rings. The smallest absolute Gasteiger partial charge is 0.233 e. The highest BCUT2D eigenvalue weighted by Crippen LogP contribution is 2.35. The lowest BCUT2D eigenvalue weighted by Gasteiger charge is -2.15. The lowest BCUT2D eigenvalue weighted by molar-refractivity contribution is -0.140. The molecule has 2 aromatic rings. The third-order valence-electron chi connectivity index (χ3n) is 5.00. The van der Waals surface area contributed by atoms with Gasteiger partial charge in [-0.3, -0.25) is 14.5 Å². The van der Waals surface area contributed by atoms with Crippen LogP contribution in [0, 0.1) is 11.8 Å². The van der Waals surface area contributed by atoms with Gasteiger partial charge in [-0.25, -0.2) is 0 Å². The summed E-state index contributed by atoms with van der Waals surface area (Å²) in [5, 5.41) is 0. The molecule has 0 N–H and O–H groups in total. The molecule has 0 aromatic heterocycles. The van der Waals surface area contributed by atoms with Gasteiger partial charge in [0.1, 0.15) is 0 Å². The topological polar surface area (TPSA) is 37.4 Å². The van der Waals surface area contributed by atoms with E-state index in [1.165, 1.54) is 4.90 Å². The Balaban J connectivity index is 1.52. The molecule has 1 aliphatic carbocycles. The number of amides is 2. The average molecular weight is 317 g/mol. The predicted octanol–water partition coefficient (Wildman–Crippen LogP) is 3.80. The first-order valence-corrected chi connectivity index (χ1v) is 8.38. The van der Waals surface area contributed by atoms with Crippen molar-refractivity contribution in [2.75, 3.05) is 0 Å². The van der Waals surface area contributed by atoms with Gasteiger partial charge in [0.2, 0.25) is 11.8 Å². The van der Waals surface area contributed by atoms with Crippen molar-refractivity contribution in [3.63, 3.8) is 0 Å². The molecular formula is C21H19NO2. The molecule has 2 aromatic carbocycles. The van der Waals surface area contributed by atoms with Gasteiger partial charge in [0, 0.05) is 0 Å². The van der Waals surface area contributed by atoms with Crippen LogP contribution in [0.3, 0.4) is 0 Å². The number of hydrogen-bond donors (Lipinski definition) is 0. The summed E-state index contributed by atoms with van der Waals surface area (Å²) in [6, 6.07) is 18.3. The number of allylic oxidation sites excluding steroid dienone is 2. The summed E-state index contributed by atoms with van der Waals surface area (Å²) < 4.78 is 0. The number of imide groups is 1. The molecule has 2 atom stereocenters. The third kappa shape index (κ3) is 2.56. The lowest BCUT2D eigenvalue weighted by atomic mass is 9.85. The molecule has 0 saturated carbocycles. The van der Waals surface area contributed by atoms with Gasteiger partial charge >= 0.3 is 0 Å². The van der Waals surface area contributed by atoms with E-state index in [0.717, 1.165) is 16.7 Å². The van der Waals surface area contributed by atoms with Gasteiger partial charge in [-0.1, -0.05) is 66.7 Å². The average Bonchev–Trinajstić information content (AvgIpc) is 2.88. The van der Waals surface area contributed by atoms with Gasteiger partial charge in [0.15, 0.2) is 0 Å². The molecule has 0 spiro atoms. The minimum atomic E-state index is -0.147. The number of nitrogens with zero attached hydrogens (tertiary/aromatic N) is 1. The Bertz CT molecular complexity index is 766. The van der Waals surface area contributed by atoms with Gasteiger partial charge in [-0.15, -0.1) is 0 Å². The van der Waals surface area contributed by atoms with Crippen molar-refractivity contribution in [3.8, 4) is 11.1 Å². The molecule has 1 aliphatic heterocycles. The van der Waals surface area contributed by atoms with Crippen LogP contribution in [0.1, 0.15) is 18.4 Å².